The highest BCUT2D eigenvalue weighted by Gasteiger charge is 2.29. The van der Waals surface area contributed by atoms with Crippen LogP contribution in [0.5, 0.6) is 11.5 Å². The van der Waals surface area contributed by atoms with Crippen LogP contribution in [0.15, 0.2) is 60.7 Å². The average Bonchev–Trinajstić information content (AvgIpc) is 3.37. The monoisotopic (exact) mass is 428 g/mol. The Labute approximate surface area is 186 Å². The largest absolute Gasteiger partial charge is 0.492 e. The Morgan fingerprint density at radius 1 is 1.03 bits per heavy atom. The summed E-state index contributed by atoms with van der Waals surface area (Å²) in [6, 6.07) is 19.6. The van der Waals surface area contributed by atoms with Crippen molar-refractivity contribution < 1.29 is 24.2 Å². The van der Waals surface area contributed by atoms with Crippen LogP contribution >= 0.6 is 0 Å². The Balaban J connectivity index is 1.42. The fourth-order valence-corrected chi connectivity index (χ4v) is 4.89. The van der Waals surface area contributed by atoms with Gasteiger partial charge < -0.3 is 14.6 Å². The first-order valence-electron chi connectivity index (χ1n) is 10.9. The Morgan fingerprint density at radius 2 is 1.84 bits per heavy atom. The number of aliphatic carboxylic acids is 1. The van der Waals surface area contributed by atoms with Crippen molar-refractivity contribution in [3.63, 3.8) is 0 Å². The Morgan fingerprint density at radius 3 is 2.66 bits per heavy atom. The third kappa shape index (κ3) is 3.64. The molecule has 0 spiro atoms. The van der Waals surface area contributed by atoms with Gasteiger partial charge in [-0.25, -0.2) is 0 Å². The highest BCUT2D eigenvalue weighted by molar-refractivity contribution is 6.01. The number of ketones is 1. The second-order valence-electron chi connectivity index (χ2n) is 8.43. The lowest BCUT2D eigenvalue weighted by molar-refractivity contribution is -0.137. The van der Waals surface area contributed by atoms with Crippen LogP contribution in [-0.2, 0) is 11.2 Å². The fourth-order valence-electron chi connectivity index (χ4n) is 4.89. The van der Waals surface area contributed by atoms with Gasteiger partial charge in [0.2, 0.25) is 0 Å². The van der Waals surface area contributed by atoms with Gasteiger partial charge in [0.25, 0.3) is 0 Å². The number of ether oxygens (including phenoxy) is 2. The van der Waals surface area contributed by atoms with Crippen molar-refractivity contribution in [3.8, 4) is 22.6 Å². The minimum absolute atomic E-state index is 0.0587. The van der Waals surface area contributed by atoms with Crippen LogP contribution in [0.3, 0.4) is 0 Å². The average molecular weight is 428 g/mol. The lowest BCUT2D eigenvalue weighted by Gasteiger charge is -2.17. The maximum Gasteiger partial charge on any atom is 0.304 e. The van der Waals surface area contributed by atoms with E-state index in [1.54, 1.807) is 6.92 Å². The first kappa shape index (κ1) is 20.3. The van der Waals surface area contributed by atoms with Gasteiger partial charge in [0.1, 0.15) is 17.6 Å². The zero-order valence-corrected chi connectivity index (χ0v) is 17.8. The molecule has 5 nitrogen and oxygen atoms in total. The van der Waals surface area contributed by atoms with E-state index in [0.717, 1.165) is 40.7 Å². The molecule has 3 aromatic carbocycles. The van der Waals surface area contributed by atoms with Gasteiger partial charge >= 0.3 is 5.97 Å². The molecule has 2 aliphatic rings. The quantitative estimate of drug-likeness (QED) is 0.520. The van der Waals surface area contributed by atoms with Crippen molar-refractivity contribution in [2.24, 2.45) is 0 Å². The third-order valence-electron chi connectivity index (χ3n) is 6.38. The predicted octanol–water partition coefficient (Wildman–Crippen LogP) is 5.57. The summed E-state index contributed by atoms with van der Waals surface area (Å²) in [6.45, 7) is 1.99. The van der Waals surface area contributed by atoms with E-state index >= 15 is 0 Å². The number of fused-ring (bicyclic) bond motifs is 2. The summed E-state index contributed by atoms with van der Waals surface area (Å²) in [5.41, 5.74) is 6.09. The standard InChI is InChI=1S/C27H24O5/c1-16(28)19-5-2-3-6-21(19)22-7-4-8-24-23(22)11-12-25(24)32-18-9-10-20-17(13-27(29)30)15-31-26(20)14-18/h2-10,14,17,25H,11-13,15H2,1H3,(H,29,30). The Bertz CT molecular complexity index is 1210. The second-order valence-corrected chi connectivity index (χ2v) is 8.43. The van der Waals surface area contributed by atoms with Gasteiger partial charge in [0.15, 0.2) is 5.78 Å². The highest BCUT2D eigenvalue weighted by Crippen LogP contribution is 2.43. The van der Waals surface area contributed by atoms with Crippen molar-refractivity contribution in [2.75, 3.05) is 6.61 Å². The molecule has 0 bridgehead atoms. The molecule has 162 valence electrons. The van der Waals surface area contributed by atoms with Gasteiger partial charge in [-0.2, -0.15) is 0 Å². The van der Waals surface area contributed by atoms with Crippen LogP contribution < -0.4 is 9.47 Å². The summed E-state index contributed by atoms with van der Waals surface area (Å²) in [5, 5.41) is 9.09. The number of Topliss-reactive ketones (excluding diaryl/α,β-unsaturated/α-hetero) is 1. The molecule has 0 fully saturated rings. The summed E-state index contributed by atoms with van der Waals surface area (Å²) in [7, 11) is 0. The van der Waals surface area contributed by atoms with Gasteiger partial charge in [0, 0.05) is 23.1 Å². The molecule has 0 saturated carbocycles. The maximum atomic E-state index is 12.2. The van der Waals surface area contributed by atoms with Crippen LogP contribution in [0.4, 0.5) is 0 Å². The van der Waals surface area contributed by atoms with Crippen LogP contribution in [-0.4, -0.2) is 23.5 Å². The van der Waals surface area contributed by atoms with E-state index in [4.69, 9.17) is 14.6 Å². The molecule has 5 heteroatoms. The molecule has 5 rings (SSSR count). The number of carboxylic acid groups (broad SMARTS) is 1. The minimum atomic E-state index is -0.823. The van der Waals surface area contributed by atoms with E-state index in [-0.39, 0.29) is 24.2 Å². The first-order chi connectivity index (χ1) is 15.5. The second kappa shape index (κ2) is 8.15. The minimum Gasteiger partial charge on any atom is -0.492 e. The summed E-state index contributed by atoms with van der Waals surface area (Å²) in [4.78, 5) is 23.2. The van der Waals surface area contributed by atoms with E-state index in [1.807, 2.05) is 48.5 Å². The van der Waals surface area contributed by atoms with Crippen molar-refractivity contribution in [1.82, 2.24) is 0 Å². The van der Waals surface area contributed by atoms with Gasteiger partial charge in [-0.1, -0.05) is 48.5 Å². The molecule has 1 aliphatic carbocycles. The zero-order valence-electron chi connectivity index (χ0n) is 17.8. The fraction of sp³-hybridized carbons (Fsp3) is 0.259. The molecule has 0 saturated heterocycles. The molecular weight excluding hydrogens is 404 g/mol. The number of benzene rings is 3. The summed E-state index contributed by atoms with van der Waals surface area (Å²) >= 11 is 0. The topological polar surface area (TPSA) is 72.8 Å². The summed E-state index contributed by atoms with van der Waals surface area (Å²) < 4.78 is 12.1. The number of hydrogen-bond acceptors (Lipinski definition) is 4. The van der Waals surface area contributed by atoms with E-state index in [9.17, 15) is 9.59 Å². The molecule has 32 heavy (non-hydrogen) atoms. The first-order valence-corrected chi connectivity index (χ1v) is 10.9. The van der Waals surface area contributed by atoms with Crippen LogP contribution in [0.1, 0.15) is 58.8 Å². The van der Waals surface area contributed by atoms with Crippen LogP contribution in [0.25, 0.3) is 11.1 Å². The van der Waals surface area contributed by atoms with Crippen molar-refractivity contribution in [1.29, 1.82) is 0 Å². The van der Waals surface area contributed by atoms with Gasteiger partial charge in [-0.15, -0.1) is 0 Å². The smallest absolute Gasteiger partial charge is 0.304 e. The maximum absolute atomic E-state index is 12.2. The predicted molar refractivity (Wildman–Crippen MR) is 121 cm³/mol. The van der Waals surface area contributed by atoms with Crippen LogP contribution in [0.2, 0.25) is 0 Å². The molecular formula is C27H24O5. The van der Waals surface area contributed by atoms with Gasteiger partial charge in [0.05, 0.1) is 13.0 Å². The van der Waals surface area contributed by atoms with E-state index < -0.39 is 5.97 Å². The van der Waals surface area contributed by atoms with Gasteiger partial charge in [-0.05, 0) is 48.1 Å². The Kier molecular flexibility index (Phi) is 5.17. The normalized spacial score (nSPS) is 18.5. The van der Waals surface area contributed by atoms with Gasteiger partial charge in [-0.3, -0.25) is 9.59 Å². The molecule has 2 unspecified atom stereocenters. The molecule has 1 aliphatic heterocycles. The molecule has 0 amide bonds. The lowest BCUT2D eigenvalue weighted by atomic mass is 9.92. The number of carbonyl (C=O) groups excluding carboxylic acids is 1. The van der Waals surface area contributed by atoms with E-state index in [1.165, 1.54) is 5.56 Å². The molecule has 1 N–H and O–H groups in total. The molecule has 0 radical (unpaired) electrons. The number of hydrogen-bond donors (Lipinski definition) is 1. The molecule has 0 aromatic heterocycles. The van der Waals surface area contributed by atoms with Crippen molar-refractivity contribution in [2.45, 2.75) is 38.2 Å². The molecule has 2 atom stereocenters. The third-order valence-corrected chi connectivity index (χ3v) is 6.38. The summed E-state index contributed by atoms with van der Waals surface area (Å²) in [6.07, 6.45) is 1.72. The molecule has 3 aromatic rings. The number of carbonyl (C=O) groups is 2. The lowest BCUT2D eigenvalue weighted by Crippen LogP contribution is -2.07. The van der Waals surface area contributed by atoms with E-state index in [2.05, 4.69) is 12.1 Å². The highest BCUT2D eigenvalue weighted by atomic mass is 16.5. The van der Waals surface area contributed by atoms with Crippen molar-refractivity contribution in [3.05, 3.63) is 82.9 Å². The van der Waals surface area contributed by atoms with Crippen molar-refractivity contribution >= 4 is 11.8 Å². The van der Waals surface area contributed by atoms with E-state index in [0.29, 0.717) is 18.1 Å². The van der Waals surface area contributed by atoms with Crippen LogP contribution in [0, 0.1) is 0 Å². The Hall–Kier alpha value is -3.60. The number of rotatable bonds is 6. The SMILES string of the molecule is CC(=O)c1ccccc1-c1cccc2c1CCC2Oc1ccc2c(c1)OCC2CC(=O)O. The summed E-state index contributed by atoms with van der Waals surface area (Å²) in [5.74, 6) is 0.538. The molecule has 1 heterocycles. The zero-order chi connectivity index (χ0) is 22.2. The number of carboxylic acids is 1.